The molecule has 0 spiro atoms. The summed E-state index contributed by atoms with van der Waals surface area (Å²) in [5.41, 5.74) is 1.39. The number of rotatable bonds is 8. The minimum atomic E-state index is 0.525. The predicted octanol–water partition coefficient (Wildman–Crippen LogP) is 4.21. The van der Waals surface area contributed by atoms with Crippen molar-refractivity contribution in [2.45, 2.75) is 53.0 Å². The van der Waals surface area contributed by atoms with Gasteiger partial charge in [-0.15, -0.1) is 0 Å². The highest BCUT2D eigenvalue weighted by Crippen LogP contribution is 2.21. The van der Waals surface area contributed by atoms with Crippen molar-refractivity contribution >= 4 is 0 Å². The van der Waals surface area contributed by atoms with Gasteiger partial charge in [-0.25, -0.2) is 0 Å². The van der Waals surface area contributed by atoms with Gasteiger partial charge in [-0.2, -0.15) is 0 Å². The fourth-order valence-corrected chi connectivity index (χ4v) is 1.86. The second kappa shape index (κ2) is 8.21. The van der Waals surface area contributed by atoms with Crippen molar-refractivity contribution in [1.29, 1.82) is 0 Å². The van der Waals surface area contributed by atoms with Gasteiger partial charge in [0.15, 0.2) is 0 Å². The molecule has 0 aromatic heterocycles. The zero-order valence-corrected chi connectivity index (χ0v) is 13.1. The molecule has 0 aliphatic carbocycles. The summed E-state index contributed by atoms with van der Waals surface area (Å²) in [5, 5.41) is 3.43. The molecule has 0 aliphatic rings. The molecule has 19 heavy (non-hydrogen) atoms. The third-order valence-electron chi connectivity index (χ3n) is 3.47. The first kappa shape index (κ1) is 16.0. The number of benzene rings is 1. The van der Waals surface area contributed by atoms with Crippen molar-refractivity contribution < 1.29 is 4.74 Å². The fourth-order valence-electron chi connectivity index (χ4n) is 1.86. The van der Waals surface area contributed by atoms with E-state index in [0.29, 0.717) is 17.9 Å². The minimum absolute atomic E-state index is 0.525. The lowest BCUT2D eigenvalue weighted by molar-refractivity contribution is 0.253. The Morgan fingerprint density at radius 3 is 2.21 bits per heavy atom. The lowest BCUT2D eigenvalue weighted by Gasteiger charge is -2.16. The molecule has 1 aromatic rings. The zero-order chi connectivity index (χ0) is 14.3. The van der Waals surface area contributed by atoms with Gasteiger partial charge in [0.2, 0.25) is 0 Å². The molecule has 0 radical (unpaired) electrons. The summed E-state index contributed by atoms with van der Waals surface area (Å²) >= 11 is 0. The average Bonchev–Trinajstić information content (AvgIpc) is 2.42. The Bertz CT molecular complexity index is 345. The van der Waals surface area contributed by atoms with Crippen LogP contribution in [0.15, 0.2) is 24.3 Å². The third kappa shape index (κ3) is 6.11. The molecule has 0 amide bonds. The van der Waals surface area contributed by atoms with Crippen molar-refractivity contribution in [1.82, 2.24) is 5.32 Å². The first-order valence-corrected chi connectivity index (χ1v) is 7.49. The van der Waals surface area contributed by atoms with E-state index in [4.69, 9.17) is 4.74 Å². The highest BCUT2D eigenvalue weighted by molar-refractivity contribution is 5.29. The van der Waals surface area contributed by atoms with E-state index in [1.54, 1.807) is 0 Å². The van der Waals surface area contributed by atoms with Crippen LogP contribution in [-0.4, -0.2) is 19.2 Å². The van der Waals surface area contributed by atoms with Crippen LogP contribution >= 0.6 is 0 Å². The normalized spacial score (nSPS) is 14.4. The van der Waals surface area contributed by atoms with Crippen LogP contribution in [0.4, 0.5) is 0 Å². The van der Waals surface area contributed by atoms with Crippen LogP contribution in [0.2, 0.25) is 0 Å². The molecule has 2 heteroatoms. The van der Waals surface area contributed by atoms with Gasteiger partial charge in [0.25, 0.3) is 0 Å². The van der Waals surface area contributed by atoms with Gasteiger partial charge in [-0.3, -0.25) is 0 Å². The summed E-state index contributed by atoms with van der Waals surface area (Å²) in [5.74, 6) is 2.13. The molecule has 0 heterocycles. The molecular formula is C17H29NO. The molecule has 1 rings (SSSR count). The van der Waals surface area contributed by atoms with Crippen LogP contribution in [0, 0.1) is 5.92 Å². The van der Waals surface area contributed by atoms with E-state index in [2.05, 4.69) is 64.2 Å². The van der Waals surface area contributed by atoms with Crippen molar-refractivity contribution in [3.8, 4) is 5.75 Å². The minimum Gasteiger partial charge on any atom is -0.493 e. The van der Waals surface area contributed by atoms with Crippen LogP contribution in [-0.2, 0) is 0 Å². The molecule has 2 unspecified atom stereocenters. The molecule has 2 atom stereocenters. The Labute approximate surface area is 118 Å². The van der Waals surface area contributed by atoms with Gasteiger partial charge in [-0.05, 0) is 30.0 Å². The van der Waals surface area contributed by atoms with Crippen molar-refractivity contribution in [2.24, 2.45) is 5.92 Å². The maximum absolute atomic E-state index is 5.83. The predicted molar refractivity (Wildman–Crippen MR) is 82.9 cm³/mol. The maximum Gasteiger partial charge on any atom is 0.119 e. The van der Waals surface area contributed by atoms with Gasteiger partial charge in [0.05, 0.1) is 6.61 Å². The first-order chi connectivity index (χ1) is 9.02. The van der Waals surface area contributed by atoms with E-state index in [1.807, 2.05) is 0 Å². The van der Waals surface area contributed by atoms with Crippen LogP contribution < -0.4 is 10.1 Å². The number of ether oxygens (including phenoxy) is 1. The summed E-state index contributed by atoms with van der Waals surface area (Å²) in [6, 6.07) is 9.08. The molecule has 0 fully saturated rings. The lowest BCUT2D eigenvalue weighted by atomic mass is 9.99. The van der Waals surface area contributed by atoms with E-state index in [-0.39, 0.29) is 0 Å². The molecule has 0 saturated carbocycles. The number of hydrogen-bond acceptors (Lipinski definition) is 2. The standard InChI is InChI=1S/C17H29NO/c1-6-15(5)16-7-9-17(10-8-16)19-12-14(4)11-18-13(2)3/h7-10,13-15,18H,6,11-12H2,1-5H3. The van der Waals surface area contributed by atoms with Crippen molar-refractivity contribution in [2.75, 3.05) is 13.2 Å². The largest absolute Gasteiger partial charge is 0.493 e. The monoisotopic (exact) mass is 263 g/mol. The fraction of sp³-hybridized carbons (Fsp3) is 0.647. The molecule has 108 valence electrons. The van der Waals surface area contributed by atoms with Crippen LogP contribution in [0.1, 0.15) is 52.5 Å². The highest BCUT2D eigenvalue weighted by Gasteiger charge is 2.06. The smallest absolute Gasteiger partial charge is 0.119 e. The average molecular weight is 263 g/mol. The lowest BCUT2D eigenvalue weighted by Crippen LogP contribution is -2.30. The van der Waals surface area contributed by atoms with Gasteiger partial charge >= 0.3 is 0 Å². The zero-order valence-electron chi connectivity index (χ0n) is 13.1. The summed E-state index contributed by atoms with van der Waals surface area (Å²) < 4.78 is 5.83. The van der Waals surface area contributed by atoms with Crippen molar-refractivity contribution in [3.63, 3.8) is 0 Å². The molecule has 1 aromatic carbocycles. The van der Waals surface area contributed by atoms with E-state index in [1.165, 1.54) is 12.0 Å². The Morgan fingerprint density at radius 1 is 1.05 bits per heavy atom. The molecule has 0 saturated heterocycles. The molecule has 0 aliphatic heterocycles. The quantitative estimate of drug-likeness (QED) is 0.758. The topological polar surface area (TPSA) is 21.3 Å². The SMILES string of the molecule is CCC(C)c1ccc(OCC(C)CNC(C)C)cc1. The van der Waals surface area contributed by atoms with Crippen LogP contribution in [0.3, 0.4) is 0 Å². The van der Waals surface area contributed by atoms with Crippen molar-refractivity contribution in [3.05, 3.63) is 29.8 Å². The van der Waals surface area contributed by atoms with E-state index >= 15 is 0 Å². The van der Waals surface area contributed by atoms with Gasteiger partial charge < -0.3 is 10.1 Å². The number of hydrogen-bond donors (Lipinski definition) is 1. The molecular weight excluding hydrogens is 234 g/mol. The summed E-state index contributed by atoms with van der Waals surface area (Å²) in [6.45, 7) is 12.8. The van der Waals surface area contributed by atoms with Crippen LogP contribution in [0.25, 0.3) is 0 Å². The van der Waals surface area contributed by atoms with Crippen LogP contribution in [0.5, 0.6) is 5.75 Å². The van der Waals surface area contributed by atoms with E-state index in [0.717, 1.165) is 18.9 Å². The summed E-state index contributed by atoms with van der Waals surface area (Å²) in [7, 11) is 0. The second-order valence-corrected chi connectivity index (χ2v) is 5.86. The summed E-state index contributed by atoms with van der Waals surface area (Å²) in [6.07, 6.45) is 1.18. The third-order valence-corrected chi connectivity index (χ3v) is 3.47. The first-order valence-electron chi connectivity index (χ1n) is 7.49. The van der Waals surface area contributed by atoms with E-state index < -0.39 is 0 Å². The molecule has 1 N–H and O–H groups in total. The Morgan fingerprint density at radius 2 is 1.68 bits per heavy atom. The maximum atomic E-state index is 5.83. The van der Waals surface area contributed by atoms with Gasteiger partial charge in [0.1, 0.15) is 5.75 Å². The highest BCUT2D eigenvalue weighted by atomic mass is 16.5. The Balaban J connectivity index is 2.37. The van der Waals surface area contributed by atoms with Gasteiger partial charge in [0, 0.05) is 18.5 Å². The molecule has 0 bridgehead atoms. The Kier molecular flexibility index (Phi) is 6.93. The van der Waals surface area contributed by atoms with E-state index in [9.17, 15) is 0 Å². The second-order valence-electron chi connectivity index (χ2n) is 5.86. The van der Waals surface area contributed by atoms with Gasteiger partial charge in [-0.1, -0.05) is 46.8 Å². The molecule has 2 nitrogen and oxygen atoms in total. The Hall–Kier alpha value is -1.02. The summed E-state index contributed by atoms with van der Waals surface area (Å²) in [4.78, 5) is 0. The number of nitrogens with one attached hydrogen (secondary N) is 1.